The number of nitrogens with one attached hydrogen (secondary N) is 1. The number of phenols is 2. The predicted molar refractivity (Wildman–Crippen MR) is 87.7 cm³/mol. The molecule has 0 aliphatic rings. The van der Waals surface area contributed by atoms with Crippen molar-refractivity contribution in [2.75, 3.05) is 13.7 Å². The van der Waals surface area contributed by atoms with Gasteiger partial charge in [0.15, 0.2) is 0 Å². The molecule has 0 atom stereocenters. The Labute approximate surface area is 141 Å². The maximum absolute atomic E-state index is 11.6. The van der Waals surface area contributed by atoms with Crippen LogP contribution in [0.5, 0.6) is 11.5 Å². The van der Waals surface area contributed by atoms with Crippen molar-refractivity contribution in [2.24, 2.45) is 5.73 Å². The van der Waals surface area contributed by atoms with Crippen LogP contribution in [0.15, 0.2) is 12.1 Å². The Morgan fingerprint density at radius 3 is 2.30 bits per heavy atom. The maximum atomic E-state index is 11.6. The summed E-state index contributed by atoms with van der Waals surface area (Å²) in [7, 11) is 1.15. The highest BCUT2D eigenvalue weighted by molar-refractivity contribution is 5.95. The Bertz CT molecular complexity index is 514. The van der Waals surface area contributed by atoms with Gasteiger partial charge in [0.1, 0.15) is 17.1 Å². The van der Waals surface area contributed by atoms with Crippen molar-refractivity contribution in [3.05, 3.63) is 23.3 Å². The Kier molecular flexibility index (Phi) is 9.76. The zero-order valence-electron chi connectivity index (χ0n) is 13.0. The molecule has 0 unspecified atom stereocenters. The molecule has 0 heterocycles. The van der Waals surface area contributed by atoms with Crippen LogP contribution in [0.25, 0.3) is 0 Å². The maximum Gasteiger partial charge on any atom is 0.345 e. The van der Waals surface area contributed by atoms with Crippen molar-refractivity contribution in [1.29, 1.82) is 0 Å². The zero-order valence-corrected chi connectivity index (χ0v) is 13.8. The van der Waals surface area contributed by atoms with Crippen LogP contribution in [0, 0.1) is 0 Å². The number of amides is 1. The number of phenolic OH excluding ortho intramolecular Hbond substituents is 2. The topological polar surface area (TPSA) is 122 Å². The van der Waals surface area contributed by atoms with E-state index in [0.29, 0.717) is 18.5 Å². The number of aromatic hydroxyl groups is 2. The lowest BCUT2D eigenvalue weighted by molar-refractivity contribution is -0.121. The van der Waals surface area contributed by atoms with E-state index in [-0.39, 0.29) is 41.9 Å². The monoisotopic (exact) mass is 346 g/mol. The number of hydrogen-bond donors (Lipinski definition) is 4. The molecule has 0 saturated carbocycles. The number of hydrogen-bond acceptors (Lipinski definition) is 6. The lowest BCUT2D eigenvalue weighted by Gasteiger charge is -2.10. The number of carbonyl (C=O) groups is 2. The van der Waals surface area contributed by atoms with Gasteiger partial charge >= 0.3 is 5.97 Å². The molecule has 8 heteroatoms. The summed E-state index contributed by atoms with van der Waals surface area (Å²) in [6.45, 7) is 0.769. The molecule has 5 N–H and O–H groups in total. The quantitative estimate of drug-likeness (QED) is 0.417. The molecule has 0 radical (unpaired) electrons. The molecule has 0 aromatic heterocycles. The van der Waals surface area contributed by atoms with E-state index < -0.39 is 5.97 Å². The minimum Gasteiger partial charge on any atom is -0.507 e. The highest BCUT2D eigenvalue weighted by Gasteiger charge is 2.18. The molecule has 0 aliphatic carbocycles. The smallest absolute Gasteiger partial charge is 0.345 e. The van der Waals surface area contributed by atoms with E-state index in [2.05, 4.69) is 10.1 Å². The van der Waals surface area contributed by atoms with Gasteiger partial charge in [-0.15, -0.1) is 12.4 Å². The molecule has 1 rings (SSSR count). The van der Waals surface area contributed by atoms with E-state index >= 15 is 0 Å². The summed E-state index contributed by atoms with van der Waals surface area (Å²) in [5.41, 5.74) is 5.56. The van der Waals surface area contributed by atoms with Crippen molar-refractivity contribution >= 4 is 24.3 Å². The Hall–Kier alpha value is -1.99. The Morgan fingerprint density at radius 2 is 1.78 bits per heavy atom. The second kappa shape index (κ2) is 10.7. The van der Waals surface area contributed by atoms with E-state index in [1.165, 1.54) is 12.1 Å². The first-order chi connectivity index (χ1) is 10.5. The molecule has 1 aromatic rings. The number of nitrogens with two attached hydrogens (primary N) is 1. The fourth-order valence-corrected chi connectivity index (χ4v) is 1.98. The van der Waals surface area contributed by atoms with Gasteiger partial charge in [-0.3, -0.25) is 4.79 Å². The summed E-state index contributed by atoms with van der Waals surface area (Å²) >= 11 is 0. The molecular formula is C15H23ClN2O5. The first-order valence-electron chi connectivity index (χ1n) is 7.09. The van der Waals surface area contributed by atoms with Crippen LogP contribution in [0.2, 0.25) is 0 Å². The van der Waals surface area contributed by atoms with Crippen LogP contribution < -0.4 is 11.1 Å². The molecule has 0 bridgehead atoms. The normalized spacial score (nSPS) is 9.83. The fraction of sp³-hybridized carbons (Fsp3) is 0.467. The van der Waals surface area contributed by atoms with Crippen LogP contribution >= 0.6 is 12.4 Å². The van der Waals surface area contributed by atoms with Gasteiger partial charge in [-0.2, -0.15) is 0 Å². The minimum atomic E-state index is -0.828. The molecular weight excluding hydrogens is 324 g/mol. The number of unbranched alkanes of at least 4 members (excludes halogenated alkanes) is 2. The first kappa shape index (κ1) is 21.0. The number of rotatable bonds is 8. The predicted octanol–water partition coefficient (Wildman–Crippen LogP) is 1.44. The average molecular weight is 347 g/mol. The average Bonchev–Trinajstić information content (AvgIpc) is 2.48. The van der Waals surface area contributed by atoms with Gasteiger partial charge < -0.3 is 26.0 Å². The molecule has 0 spiro atoms. The van der Waals surface area contributed by atoms with E-state index in [1.807, 2.05) is 0 Å². The van der Waals surface area contributed by atoms with Gasteiger partial charge in [0, 0.05) is 13.0 Å². The zero-order chi connectivity index (χ0) is 16.5. The largest absolute Gasteiger partial charge is 0.507 e. The van der Waals surface area contributed by atoms with Gasteiger partial charge in [-0.1, -0.05) is 6.42 Å². The molecule has 0 fully saturated rings. The Morgan fingerprint density at radius 1 is 1.17 bits per heavy atom. The second-order valence-electron chi connectivity index (χ2n) is 4.88. The third-order valence-corrected chi connectivity index (χ3v) is 3.14. The number of benzene rings is 1. The summed E-state index contributed by atoms with van der Waals surface area (Å²) in [5, 5.41) is 22.2. The van der Waals surface area contributed by atoms with Gasteiger partial charge in [-0.25, -0.2) is 4.79 Å². The molecule has 1 aromatic carbocycles. The first-order valence-corrected chi connectivity index (χ1v) is 7.09. The minimum absolute atomic E-state index is 0. The SMILES string of the molecule is COC(=O)c1c(O)cc(CNC(=O)CCCCCN)cc1O.Cl. The molecule has 7 nitrogen and oxygen atoms in total. The second-order valence-corrected chi connectivity index (χ2v) is 4.88. The molecule has 1 amide bonds. The molecule has 23 heavy (non-hydrogen) atoms. The van der Waals surface area contributed by atoms with Crippen molar-refractivity contribution in [3.8, 4) is 11.5 Å². The number of carbonyl (C=O) groups excluding carboxylic acids is 2. The van der Waals surface area contributed by atoms with Gasteiger partial charge in [0.2, 0.25) is 5.91 Å². The third kappa shape index (κ3) is 6.75. The van der Waals surface area contributed by atoms with Crippen LogP contribution in [0.1, 0.15) is 41.6 Å². The van der Waals surface area contributed by atoms with E-state index in [0.717, 1.165) is 26.4 Å². The lowest BCUT2D eigenvalue weighted by Crippen LogP contribution is -2.22. The standard InChI is InChI=1S/C15H22N2O5.ClH/c1-22-15(21)14-11(18)7-10(8-12(14)19)9-17-13(20)5-3-2-4-6-16;/h7-8,18-19H,2-6,9,16H2,1H3,(H,17,20);1H. The number of ether oxygens (including phenoxy) is 1. The fourth-order valence-electron chi connectivity index (χ4n) is 1.98. The van der Waals surface area contributed by atoms with E-state index in [4.69, 9.17) is 5.73 Å². The molecule has 0 aliphatic heterocycles. The number of methoxy groups -OCH3 is 1. The van der Waals surface area contributed by atoms with Gasteiger partial charge in [0.05, 0.1) is 7.11 Å². The summed E-state index contributed by atoms with van der Waals surface area (Å²) in [5.74, 6) is -1.73. The summed E-state index contributed by atoms with van der Waals surface area (Å²) in [6, 6.07) is 2.61. The van der Waals surface area contributed by atoms with Crippen molar-refractivity contribution in [2.45, 2.75) is 32.2 Å². The van der Waals surface area contributed by atoms with Gasteiger partial charge in [-0.05, 0) is 37.1 Å². The highest BCUT2D eigenvalue weighted by Crippen LogP contribution is 2.29. The van der Waals surface area contributed by atoms with Crippen LogP contribution in [-0.4, -0.2) is 35.7 Å². The van der Waals surface area contributed by atoms with Gasteiger partial charge in [0.25, 0.3) is 0 Å². The van der Waals surface area contributed by atoms with Crippen LogP contribution in [0.3, 0.4) is 0 Å². The van der Waals surface area contributed by atoms with E-state index in [9.17, 15) is 19.8 Å². The van der Waals surface area contributed by atoms with Crippen LogP contribution in [0.4, 0.5) is 0 Å². The highest BCUT2D eigenvalue weighted by atomic mass is 35.5. The van der Waals surface area contributed by atoms with Crippen molar-refractivity contribution < 1.29 is 24.5 Å². The molecule has 0 saturated heterocycles. The van der Waals surface area contributed by atoms with Crippen molar-refractivity contribution in [3.63, 3.8) is 0 Å². The van der Waals surface area contributed by atoms with Crippen LogP contribution in [-0.2, 0) is 16.1 Å². The summed E-state index contributed by atoms with van der Waals surface area (Å²) in [4.78, 5) is 23.0. The number of esters is 1. The third-order valence-electron chi connectivity index (χ3n) is 3.14. The molecule has 130 valence electrons. The number of halogens is 1. The summed E-state index contributed by atoms with van der Waals surface area (Å²) in [6.07, 6.45) is 2.96. The van der Waals surface area contributed by atoms with Crippen molar-refractivity contribution in [1.82, 2.24) is 5.32 Å². The lowest BCUT2D eigenvalue weighted by atomic mass is 10.1. The van der Waals surface area contributed by atoms with E-state index in [1.54, 1.807) is 0 Å². The Balaban J connectivity index is 0.00000484. The summed E-state index contributed by atoms with van der Waals surface area (Å²) < 4.78 is 4.46.